The van der Waals surface area contributed by atoms with Crippen LogP contribution < -0.4 is 16.6 Å². The SMILES string of the molecule is Nc1ccccc1-n1c(SC2CCC2)nc2c(c1=O)CN(C(=O)CCNCCc1ccc(O)cc1)CC2. The maximum absolute atomic E-state index is 13.8. The third-order valence-corrected chi connectivity index (χ3v) is 8.39. The molecule has 1 amide bonds. The van der Waals surface area contributed by atoms with Crippen molar-refractivity contribution in [1.82, 2.24) is 19.8 Å². The van der Waals surface area contributed by atoms with Crippen molar-refractivity contribution in [2.24, 2.45) is 0 Å². The molecule has 2 aromatic carbocycles. The summed E-state index contributed by atoms with van der Waals surface area (Å²) in [5.74, 6) is 0.286. The fraction of sp³-hybridized carbons (Fsp3) is 0.393. The number of aromatic hydroxyl groups is 1. The molecule has 9 heteroatoms. The minimum Gasteiger partial charge on any atom is -0.508 e. The number of phenols is 1. The molecule has 2 heterocycles. The number of hydrogen-bond acceptors (Lipinski definition) is 7. The van der Waals surface area contributed by atoms with Crippen molar-refractivity contribution >= 4 is 23.4 Å². The standard InChI is InChI=1S/C28H33N5O3S/c29-23-6-1-2-7-25(23)33-27(36)22-18-32(17-14-24(22)31-28(33)37-21-4-3-5-21)26(35)13-16-30-15-12-19-8-10-20(34)11-9-19/h1-2,6-11,21,30,34H,3-5,12-18,29H2. The molecule has 5 rings (SSSR count). The number of benzene rings is 2. The second kappa shape index (κ2) is 11.4. The van der Waals surface area contributed by atoms with Crippen LogP contribution in [0.25, 0.3) is 5.69 Å². The first-order chi connectivity index (χ1) is 18.0. The number of aromatic nitrogens is 2. The van der Waals surface area contributed by atoms with Crippen molar-refractivity contribution in [2.45, 2.75) is 55.5 Å². The van der Waals surface area contributed by atoms with Crippen molar-refractivity contribution in [3.63, 3.8) is 0 Å². The van der Waals surface area contributed by atoms with Gasteiger partial charge in [-0.1, -0.05) is 42.4 Å². The Morgan fingerprint density at radius 3 is 2.65 bits per heavy atom. The van der Waals surface area contributed by atoms with Crippen LogP contribution in [0.2, 0.25) is 0 Å². The summed E-state index contributed by atoms with van der Waals surface area (Å²) in [5.41, 5.74) is 9.82. The van der Waals surface area contributed by atoms with Crippen LogP contribution in [0.4, 0.5) is 5.69 Å². The van der Waals surface area contributed by atoms with Gasteiger partial charge in [0, 0.05) is 31.2 Å². The molecule has 8 nitrogen and oxygen atoms in total. The summed E-state index contributed by atoms with van der Waals surface area (Å²) in [6.45, 7) is 2.15. The first-order valence-electron chi connectivity index (χ1n) is 12.9. The molecule has 0 radical (unpaired) electrons. The Balaban J connectivity index is 1.26. The van der Waals surface area contributed by atoms with Gasteiger partial charge < -0.3 is 21.1 Å². The van der Waals surface area contributed by atoms with E-state index < -0.39 is 0 Å². The monoisotopic (exact) mass is 519 g/mol. The number of anilines is 1. The fourth-order valence-electron chi connectivity index (χ4n) is 4.66. The van der Waals surface area contributed by atoms with E-state index in [-0.39, 0.29) is 23.8 Å². The van der Waals surface area contributed by atoms with Crippen LogP contribution in [0.5, 0.6) is 5.75 Å². The molecular weight excluding hydrogens is 486 g/mol. The first-order valence-corrected chi connectivity index (χ1v) is 13.8. The number of nitrogen functional groups attached to an aromatic ring is 1. The molecule has 1 aromatic heterocycles. The molecule has 0 bridgehead atoms. The molecule has 1 aliphatic heterocycles. The summed E-state index contributed by atoms with van der Waals surface area (Å²) in [7, 11) is 0. The molecular formula is C28H33N5O3S. The normalized spacial score (nSPS) is 15.3. The number of nitrogens with two attached hydrogens (primary N) is 1. The molecule has 0 atom stereocenters. The van der Waals surface area contributed by atoms with E-state index >= 15 is 0 Å². The van der Waals surface area contributed by atoms with Crippen molar-refractivity contribution in [1.29, 1.82) is 0 Å². The van der Waals surface area contributed by atoms with Gasteiger partial charge in [-0.15, -0.1) is 0 Å². The Morgan fingerprint density at radius 1 is 1.14 bits per heavy atom. The molecule has 2 aliphatic rings. The lowest BCUT2D eigenvalue weighted by molar-refractivity contribution is -0.132. The number of rotatable bonds is 9. The minimum absolute atomic E-state index is 0.0286. The average Bonchev–Trinajstić information content (AvgIpc) is 2.88. The summed E-state index contributed by atoms with van der Waals surface area (Å²) < 4.78 is 1.65. The van der Waals surface area contributed by atoms with Crippen LogP contribution in [0, 0.1) is 0 Å². The topological polar surface area (TPSA) is 113 Å². The highest BCUT2D eigenvalue weighted by Gasteiger charge is 2.29. The van der Waals surface area contributed by atoms with E-state index in [4.69, 9.17) is 10.7 Å². The van der Waals surface area contributed by atoms with E-state index in [2.05, 4.69) is 5.32 Å². The Kier molecular flexibility index (Phi) is 7.81. The number of amides is 1. The van der Waals surface area contributed by atoms with Crippen molar-refractivity contribution < 1.29 is 9.90 Å². The number of carbonyl (C=O) groups is 1. The average molecular weight is 520 g/mol. The second-order valence-corrected chi connectivity index (χ2v) is 10.9. The predicted molar refractivity (Wildman–Crippen MR) is 146 cm³/mol. The quantitative estimate of drug-likeness (QED) is 0.226. The van der Waals surface area contributed by atoms with Gasteiger partial charge in [-0.2, -0.15) is 0 Å². The van der Waals surface area contributed by atoms with E-state index in [1.807, 2.05) is 30.3 Å². The highest BCUT2D eigenvalue weighted by molar-refractivity contribution is 7.99. The van der Waals surface area contributed by atoms with E-state index in [1.54, 1.807) is 39.4 Å². The minimum atomic E-state index is -0.130. The molecule has 0 spiro atoms. The lowest BCUT2D eigenvalue weighted by Gasteiger charge is -2.30. The first kappa shape index (κ1) is 25.4. The zero-order chi connectivity index (χ0) is 25.8. The number of thioether (sulfide) groups is 1. The molecule has 0 saturated heterocycles. The van der Waals surface area contributed by atoms with Crippen LogP contribution in [0.15, 0.2) is 58.5 Å². The Labute approximate surface area is 220 Å². The van der Waals surface area contributed by atoms with Crippen molar-refractivity contribution in [3.05, 3.63) is 75.7 Å². The van der Waals surface area contributed by atoms with E-state index in [0.717, 1.165) is 37.1 Å². The van der Waals surface area contributed by atoms with Crippen LogP contribution >= 0.6 is 11.8 Å². The molecule has 0 unspecified atom stereocenters. The Bertz CT molecular complexity index is 1320. The number of carbonyl (C=O) groups excluding carboxylic acids is 1. The van der Waals surface area contributed by atoms with Gasteiger partial charge in [0.25, 0.3) is 5.56 Å². The van der Waals surface area contributed by atoms with Gasteiger partial charge in [0.15, 0.2) is 5.16 Å². The van der Waals surface area contributed by atoms with Crippen molar-refractivity contribution in [3.8, 4) is 11.4 Å². The van der Waals surface area contributed by atoms with Gasteiger partial charge in [0.05, 0.1) is 29.2 Å². The number of nitrogens with zero attached hydrogens (tertiary/aromatic N) is 3. The smallest absolute Gasteiger partial charge is 0.264 e. The highest BCUT2D eigenvalue weighted by Crippen LogP contribution is 2.37. The number of para-hydroxylation sites is 2. The molecule has 37 heavy (non-hydrogen) atoms. The third-order valence-electron chi connectivity index (χ3n) is 7.10. The number of nitrogens with one attached hydrogen (secondary N) is 1. The largest absolute Gasteiger partial charge is 0.508 e. The zero-order valence-electron chi connectivity index (χ0n) is 20.9. The predicted octanol–water partition coefficient (Wildman–Crippen LogP) is 3.27. The summed E-state index contributed by atoms with van der Waals surface area (Å²) >= 11 is 1.66. The molecule has 194 valence electrons. The maximum Gasteiger partial charge on any atom is 0.264 e. The lowest BCUT2D eigenvalue weighted by atomic mass is 10.0. The third kappa shape index (κ3) is 5.83. The number of hydrogen-bond donors (Lipinski definition) is 3. The van der Waals surface area contributed by atoms with Crippen molar-refractivity contribution in [2.75, 3.05) is 25.4 Å². The van der Waals surface area contributed by atoms with Gasteiger partial charge in [-0.3, -0.25) is 14.2 Å². The zero-order valence-corrected chi connectivity index (χ0v) is 21.7. The highest BCUT2D eigenvalue weighted by atomic mass is 32.2. The van der Waals surface area contributed by atoms with Crippen LogP contribution in [-0.2, 0) is 24.2 Å². The lowest BCUT2D eigenvalue weighted by Crippen LogP contribution is -2.42. The molecule has 1 saturated carbocycles. The Morgan fingerprint density at radius 2 is 1.92 bits per heavy atom. The molecule has 4 N–H and O–H groups in total. The summed E-state index contributed by atoms with van der Waals surface area (Å²) in [6, 6.07) is 14.5. The van der Waals surface area contributed by atoms with Gasteiger partial charge in [0.1, 0.15) is 5.75 Å². The molecule has 1 aliphatic carbocycles. The van der Waals surface area contributed by atoms with E-state index in [0.29, 0.717) is 53.3 Å². The maximum atomic E-state index is 13.8. The van der Waals surface area contributed by atoms with Gasteiger partial charge in [-0.25, -0.2) is 4.98 Å². The van der Waals surface area contributed by atoms with Gasteiger partial charge in [-0.05, 0) is 55.6 Å². The van der Waals surface area contributed by atoms with Gasteiger partial charge in [0.2, 0.25) is 5.91 Å². The summed E-state index contributed by atoms with van der Waals surface area (Å²) in [4.78, 5) is 33.4. The fourth-order valence-corrected chi connectivity index (χ4v) is 5.98. The van der Waals surface area contributed by atoms with E-state index in [1.165, 1.54) is 6.42 Å². The van der Waals surface area contributed by atoms with Crippen LogP contribution in [0.1, 0.15) is 42.5 Å². The summed E-state index contributed by atoms with van der Waals surface area (Å²) in [6.07, 6.45) is 5.24. The summed E-state index contributed by atoms with van der Waals surface area (Å²) in [5, 5.41) is 13.9. The number of phenolic OH excluding ortho intramolecular Hbond substituents is 1. The van der Waals surface area contributed by atoms with Crippen LogP contribution in [0.3, 0.4) is 0 Å². The number of fused-ring (bicyclic) bond motifs is 1. The second-order valence-electron chi connectivity index (χ2n) is 9.67. The van der Waals surface area contributed by atoms with E-state index in [9.17, 15) is 14.7 Å². The molecule has 1 fully saturated rings. The van der Waals surface area contributed by atoms with Gasteiger partial charge >= 0.3 is 0 Å². The molecule has 3 aromatic rings. The Hall–Kier alpha value is -3.30. The van der Waals surface area contributed by atoms with Crippen LogP contribution in [-0.4, -0.2) is 50.3 Å².